The van der Waals surface area contributed by atoms with E-state index >= 15 is 0 Å². The molecule has 0 aliphatic carbocycles. The fourth-order valence-corrected chi connectivity index (χ4v) is 3.96. The standard InChI is InChI=1S/C14H19ClN2O4S/c1-2-21-11-14(18)16-6-8-17(9-7-16)22(19,20)13-5-3-4-12(15)10-13/h3-5,10H,2,6-9,11H2,1H3. The highest BCUT2D eigenvalue weighted by molar-refractivity contribution is 7.89. The van der Waals surface area contributed by atoms with Crippen molar-refractivity contribution in [3.05, 3.63) is 29.3 Å². The fourth-order valence-electron chi connectivity index (χ4n) is 2.24. The number of ether oxygens (including phenoxy) is 1. The van der Waals surface area contributed by atoms with E-state index in [4.69, 9.17) is 16.3 Å². The van der Waals surface area contributed by atoms with Crippen LogP contribution in [0.4, 0.5) is 0 Å². The largest absolute Gasteiger partial charge is 0.372 e. The Bertz CT molecular complexity index is 627. The van der Waals surface area contributed by atoms with Crippen LogP contribution in [0.3, 0.4) is 0 Å². The molecule has 22 heavy (non-hydrogen) atoms. The second kappa shape index (κ2) is 7.41. The number of benzene rings is 1. The van der Waals surface area contributed by atoms with Gasteiger partial charge in [-0.15, -0.1) is 0 Å². The Labute approximate surface area is 135 Å². The number of hydrogen-bond donors (Lipinski definition) is 0. The van der Waals surface area contributed by atoms with Gasteiger partial charge in [-0.1, -0.05) is 17.7 Å². The molecule has 0 bridgehead atoms. The van der Waals surface area contributed by atoms with Crippen molar-refractivity contribution in [3.63, 3.8) is 0 Å². The van der Waals surface area contributed by atoms with Crippen molar-refractivity contribution >= 4 is 27.5 Å². The average molecular weight is 347 g/mol. The van der Waals surface area contributed by atoms with Gasteiger partial charge in [-0.05, 0) is 25.1 Å². The summed E-state index contributed by atoms with van der Waals surface area (Å²) >= 11 is 5.85. The lowest BCUT2D eigenvalue weighted by molar-refractivity contribution is -0.137. The minimum absolute atomic E-state index is 0.0392. The Kier molecular flexibility index (Phi) is 5.80. The predicted molar refractivity (Wildman–Crippen MR) is 83.3 cm³/mol. The first kappa shape index (κ1) is 17.2. The SMILES string of the molecule is CCOCC(=O)N1CCN(S(=O)(=O)c2cccc(Cl)c2)CC1. The molecule has 6 nitrogen and oxygen atoms in total. The van der Waals surface area contributed by atoms with Crippen molar-refractivity contribution < 1.29 is 17.9 Å². The number of rotatable bonds is 5. The number of hydrogen-bond acceptors (Lipinski definition) is 4. The summed E-state index contributed by atoms with van der Waals surface area (Å²) in [4.78, 5) is 13.6. The third-order valence-corrected chi connectivity index (χ3v) is 5.58. The molecule has 2 rings (SSSR count). The van der Waals surface area contributed by atoms with Gasteiger partial charge >= 0.3 is 0 Å². The molecular weight excluding hydrogens is 328 g/mol. The molecule has 8 heteroatoms. The van der Waals surface area contributed by atoms with Gasteiger partial charge in [0.25, 0.3) is 0 Å². The molecule has 0 saturated carbocycles. The molecule has 0 N–H and O–H groups in total. The molecule has 1 amide bonds. The fraction of sp³-hybridized carbons (Fsp3) is 0.500. The zero-order chi connectivity index (χ0) is 16.2. The van der Waals surface area contributed by atoms with Crippen molar-refractivity contribution in [1.29, 1.82) is 0 Å². The van der Waals surface area contributed by atoms with Crippen LogP contribution in [0.25, 0.3) is 0 Å². The predicted octanol–water partition coefficient (Wildman–Crippen LogP) is 1.21. The van der Waals surface area contributed by atoms with Crippen LogP contribution in [0.2, 0.25) is 5.02 Å². The lowest BCUT2D eigenvalue weighted by Crippen LogP contribution is -2.51. The first-order chi connectivity index (χ1) is 10.4. The van der Waals surface area contributed by atoms with Crippen molar-refractivity contribution in [2.24, 2.45) is 0 Å². The molecule has 1 aromatic rings. The van der Waals surface area contributed by atoms with Gasteiger partial charge < -0.3 is 9.64 Å². The second-order valence-corrected chi connectivity index (χ2v) is 7.25. The molecule has 0 atom stereocenters. The summed E-state index contributed by atoms with van der Waals surface area (Å²) in [5, 5.41) is 0.381. The number of carbonyl (C=O) groups excluding carboxylic acids is 1. The zero-order valence-corrected chi connectivity index (χ0v) is 13.9. The minimum Gasteiger partial charge on any atom is -0.372 e. The van der Waals surface area contributed by atoms with Gasteiger partial charge in [0.1, 0.15) is 6.61 Å². The summed E-state index contributed by atoms with van der Waals surface area (Å²) in [7, 11) is -3.57. The first-order valence-corrected chi connectivity index (χ1v) is 8.88. The molecule has 1 saturated heterocycles. The van der Waals surface area contributed by atoms with E-state index in [0.29, 0.717) is 24.7 Å². The molecule has 0 spiro atoms. The van der Waals surface area contributed by atoms with E-state index in [1.54, 1.807) is 17.0 Å². The Morgan fingerprint density at radius 3 is 2.55 bits per heavy atom. The summed E-state index contributed by atoms with van der Waals surface area (Å²) in [6, 6.07) is 6.19. The van der Waals surface area contributed by atoms with Gasteiger partial charge in [0.15, 0.2) is 0 Å². The normalized spacial score (nSPS) is 16.7. The van der Waals surface area contributed by atoms with E-state index < -0.39 is 10.0 Å². The molecule has 1 fully saturated rings. The van der Waals surface area contributed by atoms with Crippen LogP contribution in [0.5, 0.6) is 0 Å². The van der Waals surface area contributed by atoms with Crippen LogP contribution in [-0.4, -0.2) is 62.9 Å². The average Bonchev–Trinajstić information content (AvgIpc) is 2.52. The Hall–Kier alpha value is -1.15. The second-order valence-electron chi connectivity index (χ2n) is 4.88. The summed E-state index contributed by atoms with van der Waals surface area (Å²) in [5.74, 6) is -0.110. The van der Waals surface area contributed by atoms with Gasteiger partial charge in [-0.25, -0.2) is 8.42 Å². The third-order valence-electron chi connectivity index (χ3n) is 3.45. The highest BCUT2D eigenvalue weighted by atomic mass is 35.5. The lowest BCUT2D eigenvalue weighted by Gasteiger charge is -2.34. The molecule has 0 unspecified atom stereocenters. The van der Waals surface area contributed by atoms with Crippen molar-refractivity contribution in [1.82, 2.24) is 9.21 Å². The highest BCUT2D eigenvalue weighted by Gasteiger charge is 2.30. The van der Waals surface area contributed by atoms with E-state index in [0.717, 1.165) is 0 Å². The quantitative estimate of drug-likeness (QED) is 0.803. The van der Waals surface area contributed by atoms with E-state index in [-0.39, 0.29) is 30.5 Å². The number of amides is 1. The molecule has 0 aromatic heterocycles. The maximum atomic E-state index is 12.5. The van der Waals surface area contributed by atoms with Crippen LogP contribution >= 0.6 is 11.6 Å². The van der Waals surface area contributed by atoms with E-state index in [2.05, 4.69) is 0 Å². The number of piperazine rings is 1. The lowest BCUT2D eigenvalue weighted by atomic mass is 10.3. The smallest absolute Gasteiger partial charge is 0.248 e. The first-order valence-electron chi connectivity index (χ1n) is 7.06. The monoisotopic (exact) mass is 346 g/mol. The molecule has 1 aromatic carbocycles. The summed E-state index contributed by atoms with van der Waals surface area (Å²) in [6.45, 7) is 3.62. The van der Waals surface area contributed by atoms with Crippen molar-refractivity contribution in [2.75, 3.05) is 39.4 Å². The zero-order valence-electron chi connectivity index (χ0n) is 12.4. The van der Waals surface area contributed by atoms with Crippen molar-refractivity contribution in [2.45, 2.75) is 11.8 Å². The Morgan fingerprint density at radius 1 is 1.27 bits per heavy atom. The van der Waals surface area contributed by atoms with Gasteiger partial charge in [0, 0.05) is 37.8 Å². The van der Waals surface area contributed by atoms with Crippen molar-refractivity contribution in [3.8, 4) is 0 Å². The molecule has 1 aliphatic heterocycles. The van der Waals surface area contributed by atoms with Crippen LogP contribution in [0.15, 0.2) is 29.2 Å². The van der Waals surface area contributed by atoms with Crippen LogP contribution in [-0.2, 0) is 19.6 Å². The highest BCUT2D eigenvalue weighted by Crippen LogP contribution is 2.20. The summed E-state index contributed by atoms with van der Waals surface area (Å²) in [5.41, 5.74) is 0. The topological polar surface area (TPSA) is 66.9 Å². The number of sulfonamides is 1. The third kappa shape index (κ3) is 3.98. The molecule has 1 heterocycles. The molecule has 0 radical (unpaired) electrons. The van der Waals surface area contributed by atoms with Crippen LogP contribution in [0.1, 0.15) is 6.92 Å². The Morgan fingerprint density at radius 2 is 1.95 bits per heavy atom. The Balaban J connectivity index is 2.00. The van der Waals surface area contributed by atoms with Crippen LogP contribution in [0, 0.1) is 0 Å². The van der Waals surface area contributed by atoms with Crippen LogP contribution < -0.4 is 0 Å². The maximum Gasteiger partial charge on any atom is 0.248 e. The van der Waals surface area contributed by atoms with Gasteiger partial charge in [0.2, 0.25) is 15.9 Å². The maximum absolute atomic E-state index is 12.5. The van der Waals surface area contributed by atoms with Gasteiger partial charge in [0.05, 0.1) is 4.90 Å². The number of carbonyl (C=O) groups is 1. The van der Waals surface area contributed by atoms with E-state index in [1.165, 1.54) is 16.4 Å². The van der Waals surface area contributed by atoms with Gasteiger partial charge in [-0.3, -0.25) is 4.79 Å². The summed E-state index contributed by atoms with van der Waals surface area (Å²) < 4.78 is 31.5. The van der Waals surface area contributed by atoms with E-state index in [1.807, 2.05) is 6.92 Å². The minimum atomic E-state index is -3.57. The molecule has 122 valence electrons. The van der Waals surface area contributed by atoms with Gasteiger partial charge in [-0.2, -0.15) is 4.31 Å². The number of nitrogens with zero attached hydrogens (tertiary/aromatic N) is 2. The number of halogens is 1. The summed E-state index contributed by atoms with van der Waals surface area (Å²) in [6.07, 6.45) is 0. The van der Waals surface area contributed by atoms with E-state index in [9.17, 15) is 13.2 Å². The molecule has 1 aliphatic rings. The molecular formula is C14H19ClN2O4S.